The van der Waals surface area contributed by atoms with Crippen LogP contribution in [0.5, 0.6) is 0 Å². The van der Waals surface area contributed by atoms with Gasteiger partial charge >= 0.3 is 6.18 Å². The lowest BCUT2D eigenvalue weighted by molar-refractivity contribution is -0.295. The Bertz CT molecular complexity index is 1500. The zero-order valence-corrected chi connectivity index (χ0v) is 22.0. The van der Waals surface area contributed by atoms with Gasteiger partial charge in [-0.05, 0) is 81.9 Å². The average molecular weight is 555 g/mol. The van der Waals surface area contributed by atoms with Gasteiger partial charge in [-0.25, -0.2) is 4.98 Å². The standard InChI is InChI=1S/C29H29F3N4O4/c1-16-14-33-25(39-16)22-7-8-27(10-19(22)11-27)15-36(26(37)20-12-28(38,13-20)29(30,31)32)21-4-2-3-18(9-21)24-34-23(35-40-24)17-5-6-17/h2-4,9,14,17,20,38H,5-8,10-13,15H2,1H3/t20-,28+. The molecule has 0 spiro atoms. The van der Waals surface area contributed by atoms with Crippen molar-refractivity contribution >= 4 is 17.2 Å². The van der Waals surface area contributed by atoms with Gasteiger partial charge in [0, 0.05) is 35.2 Å². The Hall–Kier alpha value is -3.47. The lowest BCUT2D eigenvalue weighted by atomic mass is 9.57. The third kappa shape index (κ3) is 4.25. The number of fused-ring (bicyclic) bond motifs is 2. The third-order valence-corrected chi connectivity index (χ3v) is 8.98. The first-order valence-electron chi connectivity index (χ1n) is 13.7. The van der Waals surface area contributed by atoms with Gasteiger partial charge in [-0.3, -0.25) is 4.79 Å². The van der Waals surface area contributed by atoms with E-state index in [1.54, 1.807) is 29.3 Å². The number of benzene rings is 1. The van der Waals surface area contributed by atoms with Gasteiger partial charge in [-0.15, -0.1) is 0 Å². The Morgan fingerprint density at radius 2 is 1.98 bits per heavy atom. The molecule has 0 radical (unpaired) electrons. The lowest BCUT2D eigenvalue weighted by Crippen LogP contribution is -2.60. The van der Waals surface area contributed by atoms with Crippen LogP contribution in [-0.2, 0) is 4.79 Å². The van der Waals surface area contributed by atoms with E-state index in [1.165, 1.54) is 5.57 Å². The molecule has 2 aromatic heterocycles. The molecule has 40 heavy (non-hydrogen) atoms. The number of carbonyl (C=O) groups is 1. The number of hydrogen-bond acceptors (Lipinski definition) is 7. The maximum absolute atomic E-state index is 13.8. The largest absolute Gasteiger partial charge is 0.442 e. The molecule has 2 heterocycles. The van der Waals surface area contributed by atoms with Gasteiger partial charge in [0.15, 0.2) is 11.4 Å². The Morgan fingerprint density at radius 1 is 1.20 bits per heavy atom. The van der Waals surface area contributed by atoms with Crippen molar-refractivity contribution < 1.29 is 32.0 Å². The van der Waals surface area contributed by atoms with Crippen molar-refractivity contribution in [2.45, 2.75) is 76.0 Å². The van der Waals surface area contributed by atoms with E-state index >= 15 is 0 Å². The quantitative estimate of drug-likeness (QED) is 0.383. The molecule has 5 aliphatic rings. The number of aromatic nitrogens is 3. The summed E-state index contributed by atoms with van der Waals surface area (Å²) in [6.45, 7) is 2.23. The number of aliphatic hydroxyl groups is 1. The molecule has 3 fully saturated rings. The van der Waals surface area contributed by atoms with Gasteiger partial charge in [-0.1, -0.05) is 16.8 Å². The molecular formula is C29H29F3N4O4. The summed E-state index contributed by atoms with van der Waals surface area (Å²) in [7, 11) is 0. The minimum Gasteiger partial charge on any atom is -0.442 e. The van der Waals surface area contributed by atoms with Gasteiger partial charge in [0.05, 0.1) is 6.20 Å². The topological polar surface area (TPSA) is 105 Å². The van der Waals surface area contributed by atoms with Crippen LogP contribution in [0, 0.1) is 18.3 Å². The Morgan fingerprint density at radius 3 is 2.60 bits per heavy atom. The zero-order valence-electron chi connectivity index (χ0n) is 22.0. The summed E-state index contributed by atoms with van der Waals surface area (Å²) in [4.78, 5) is 24.3. The number of oxazole rings is 1. The monoisotopic (exact) mass is 554 g/mol. The van der Waals surface area contributed by atoms with Crippen LogP contribution in [0.15, 0.2) is 45.0 Å². The van der Waals surface area contributed by atoms with Gasteiger partial charge in [-0.2, -0.15) is 18.2 Å². The highest BCUT2D eigenvalue weighted by Gasteiger charge is 2.63. The van der Waals surface area contributed by atoms with Crippen molar-refractivity contribution in [3.8, 4) is 11.5 Å². The highest BCUT2D eigenvalue weighted by molar-refractivity contribution is 5.96. The van der Waals surface area contributed by atoms with Crippen LogP contribution in [0.3, 0.4) is 0 Å². The number of nitrogens with zero attached hydrogens (tertiary/aromatic N) is 4. The molecule has 1 amide bonds. The molecular weight excluding hydrogens is 525 g/mol. The number of amides is 1. The summed E-state index contributed by atoms with van der Waals surface area (Å²) in [5, 5.41) is 14.1. The predicted molar refractivity (Wildman–Crippen MR) is 137 cm³/mol. The number of alkyl halides is 3. The van der Waals surface area contributed by atoms with Crippen molar-refractivity contribution in [2.24, 2.45) is 11.3 Å². The van der Waals surface area contributed by atoms with E-state index < -0.39 is 36.4 Å². The maximum atomic E-state index is 13.8. The second-order valence-electron chi connectivity index (χ2n) is 12.1. The second-order valence-corrected chi connectivity index (χ2v) is 12.1. The van der Waals surface area contributed by atoms with Crippen LogP contribution in [0.2, 0.25) is 0 Å². The van der Waals surface area contributed by atoms with Crippen molar-refractivity contribution in [3.05, 3.63) is 53.5 Å². The summed E-state index contributed by atoms with van der Waals surface area (Å²) < 4.78 is 51.3. The van der Waals surface area contributed by atoms with Crippen LogP contribution in [0.4, 0.5) is 18.9 Å². The fourth-order valence-electron chi connectivity index (χ4n) is 6.43. The van der Waals surface area contributed by atoms with Gasteiger partial charge in [0.2, 0.25) is 11.8 Å². The number of allylic oxidation sites excluding steroid dienone is 2. The summed E-state index contributed by atoms with van der Waals surface area (Å²) in [5.41, 5.74) is 0.584. The SMILES string of the molecule is Cc1cnc(C2=C3CC(CN(c4cccc(-c5nc(C6CC6)no5)c4)C(=O)[C@H]4C[C@](O)(C(F)(F)F)C4)(CC2)C3)o1. The van der Waals surface area contributed by atoms with E-state index in [0.29, 0.717) is 41.3 Å². The van der Waals surface area contributed by atoms with Crippen molar-refractivity contribution in [2.75, 3.05) is 11.4 Å². The number of aryl methyl sites for hydroxylation is 1. The summed E-state index contributed by atoms with van der Waals surface area (Å²) in [6, 6.07) is 7.17. The van der Waals surface area contributed by atoms with E-state index in [9.17, 15) is 23.1 Å². The van der Waals surface area contributed by atoms with Crippen LogP contribution in [0.1, 0.15) is 74.8 Å². The fourth-order valence-corrected chi connectivity index (χ4v) is 6.43. The van der Waals surface area contributed by atoms with E-state index in [1.807, 2.05) is 13.0 Å². The maximum Gasteiger partial charge on any atom is 0.417 e. The van der Waals surface area contributed by atoms with Gasteiger partial charge < -0.3 is 18.9 Å². The molecule has 2 bridgehead atoms. The lowest BCUT2D eigenvalue weighted by Gasteiger charge is -2.52. The molecule has 11 heteroatoms. The molecule has 3 saturated carbocycles. The Kier molecular flexibility index (Phi) is 5.59. The number of anilines is 1. The van der Waals surface area contributed by atoms with E-state index in [0.717, 1.165) is 49.9 Å². The van der Waals surface area contributed by atoms with Crippen LogP contribution >= 0.6 is 0 Å². The highest BCUT2D eigenvalue weighted by Crippen LogP contribution is 2.58. The fraction of sp³-hybridized carbons (Fsp3) is 0.517. The van der Waals surface area contributed by atoms with Crippen LogP contribution in [-0.4, -0.2) is 44.5 Å². The van der Waals surface area contributed by atoms with E-state index in [4.69, 9.17) is 8.94 Å². The molecule has 0 saturated heterocycles. The zero-order chi connectivity index (χ0) is 27.9. The summed E-state index contributed by atoms with van der Waals surface area (Å²) in [6.07, 6.45) is 0.855. The molecule has 210 valence electrons. The highest BCUT2D eigenvalue weighted by atomic mass is 19.4. The van der Waals surface area contributed by atoms with E-state index in [2.05, 4.69) is 15.1 Å². The summed E-state index contributed by atoms with van der Waals surface area (Å²) >= 11 is 0. The minimum atomic E-state index is -4.77. The summed E-state index contributed by atoms with van der Waals surface area (Å²) in [5.74, 6) is 1.41. The molecule has 3 aromatic rings. The van der Waals surface area contributed by atoms with Crippen molar-refractivity contribution in [1.82, 2.24) is 15.1 Å². The minimum absolute atomic E-state index is 0.181. The van der Waals surface area contributed by atoms with Crippen LogP contribution in [0.25, 0.3) is 17.0 Å². The first-order valence-corrected chi connectivity index (χ1v) is 13.7. The van der Waals surface area contributed by atoms with Gasteiger partial charge in [0.25, 0.3) is 5.89 Å². The third-order valence-electron chi connectivity index (χ3n) is 8.98. The van der Waals surface area contributed by atoms with Crippen LogP contribution < -0.4 is 4.90 Å². The Balaban J connectivity index is 1.16. The molecule has 1 aromatic carbocycles. The smallest absolute Gasteiger partial charge is 0.417 e. The average Bonchev–Trinajstić information content (AvgIpc) is 3.45. The number of rotatable bonds is 7. The second kappa shape index (κ2) is 8.76. The molecule has 0 atom stereocenters. The van der Waals surface area contributed by atoms with Crippen molar-refractivity contribution in [1.29, 1.82) is 0 Å². The molecule has 0 aliphatic heterocycles. The first kappa shape index (κ1) is 25.5. The molecule has 5 aliphatic carbocycles. The van der Waals surface area contributed by atoms with E-state index in [-0.39, 0.29) is 5.41 Å². The molecule has 8 nitrogen and oxygen atoms in total. The number of halogens is 3. The molecule has 1 N–H and O–H groups in total. The number of carbonyl (C=O) groups excluding carboxylic acids is 1. The predicted octanol–water partition coefficient (Wildman–Crippen LogP) is 5.97. The normalized spacial score (nSPS) is 25.4. The first-order chi connectivity index (χ1) is 19.0. The van der Waals surface area contributed by atoms with Gasteiger partial charge in [0.1, 0.15) is 5.76 Å². The molecule has 8 rings (SSSR count). The Labute approximate surface area is 228 Å². The molecule has 0 unspecified atom stereocenters. The van der Waals surface area contributed by atoms with Crippen molar-refractivity contribution in [3.63, 3.8) is 0 Å². The number of hydrogen-bond donors (Lipinski definition) is 1.